The summed E-state index contributed by atoms with van der Waals surface area (Å²) < 4.78 is 32.1. The summed E-state index contributed by atoms with van der Waals surface area (Å²) in [6.07, 6.45) is 0.704. The van der Waals surface area contributed by atoms with Gasteiger partial charge in [0.15, 0.2) is 0 Å². The number of anilines is 1. The molecule has 0 saturated heterocycles. The van der Waals surface area contributed by atoms with Crippen molar-refractivity contribution >= 4 is 21.6 Å². The fourth-order valence-corrected chi connectivity index (χ4v) is 3.41. The molecule has 1 unspecified atom stereocenters. The van der Waals surface area contributed by atoms with Crippen molar-refractivity contribution in [3.63, 3.8) is 0 Å². The topological polar surface area (TPSA) is 84.5 Å². The summed E-state index contributed by atoms with van der Waals surface area (Å²) in [5.41, 5.74) is 0.999. The smallest absolute Gasteiger partial charge is 0.255 e. The number of carbonyl (C=O) groups is 1. The summed E-state index contributed by atoms with van der Waals surface area (Å²) in [5, 5.41) is 2.73. The summed E-state index contributed by atoms with van der Waals surface area (Å²) in [4.78, 5) is 12.4. The predicted molar refractivity (Wildman–Crippen MR) is 97.5 cm³/mol. The number of hydrogen-bond donors (Lipinski definition) is 2. The van der Waals surface area contributed by atoms with Gasteiger partial charge in [-0.15, -0.1) is 0 Å². The van der Waals surface area contributed by atoms with Gasteiger partial charge in [0.1, 0.15) is 5.75 Å². The fourth-order valence-electron chi connectivity index (χ4n) is 2.08. The van der Waals surface area contributed by atoms with E-state index >= 15 is 0 Å². The Bertz CT molecular complexity index is 815. The second-order valence-corrected chi connectivity index (χ2v) is 7.35. The van der Waals surface area contributed by atoms with E-state index < -0.39 is 10.0 Å². The van der Waals surface area contributed by atoms with E-state index in [1.165, 1.54) is 12.1 Å². The Morgan fingerprint density at radius 1 is 1.08 bits per heavy atom. The van der Waals surface area contributed by atoms with Crippen molar-refractivity contribution in [1.29, 1.82) is 0 Å². The van der Waals surface area contributed by atoms with Crippen molar-refractivity contribution in [2.24, 2.45) is 0 Å². The Labute approximate surface area is 148 Å². The van der Waals surface area contributed by atoms with E-state index in [0.29, 0.717) is 23.4 Å². The van der Waals surface area contributed by atoms with Crippen LogP contribution in [0.25, 0.3) is 0 Å². The molecule has 7 heteroatoms. The Morgan fingerprint density at radius 3 is 2.20 bits per heavy atom. The summed E-state index contributed by atoms with van der Waals surface area (Å²) in [6, 6.07) is 12.6. The molecule has 1 amide bonds. The van der Waals surface area contributed by atoms with Gasteiger partial charge in [-0.05, 0) is 61.9 Å². The van der Waals surface area contributed by atoms with Crippen molar-refractivity contribution in [3.8, 4) is 5.75 Å². The molecule has 0 radical (unpaired) electrons. The lowest BCUT2D eigenvalue weighted by molar-refractivity contribution is 0.102. The van der Waals surface area contributed by atoms with E-state index in [4.69, 9.17) is 4.74 Å². The zero-order chi connectivity index (χ0) is 18.4. The average molecular weight is 362 g/mol. The minimum Gasteiger partial charge on any atom is -0.497 e. The number of hydrogen-bond acceptors (Lipinski definition) is 4. The molecule has 0 aliphatic heterocycles. The highest BCUT2D eigenvalue weighted by molar-refractivity contribution is 7.89. The van der Waals surface area contributed by atoms with Crippen molar-refractivity contribution in [1.82, 2.24) is 4.72 Å². The van der Waals surface area contributed by atoms with E-state index in [9.17, 15) is 13.2 Å². The predicted octanol–water partition coefficient (Wildman–Crippen LogP) is 3.02. The van der Waals surface area contributed by atoms with E-state index in [-0.39, 0.29) is 16.8 Å². The summed E-state index contributed by atoms with van der Waals surface area (Å²) >= 11 is 0. The van der Waals surface area contributed by atoms with Gasteiger partial charge in [0, 0.05) is 17.3 Å². The monoisotopic (exact) mass is 362 g/mol. The number of nitrogens with one attached hydrogen (secondary N) is 2. The molecule has 2 N–H and O–H groups in total. The molecule has 0 aromatic heterocycles. The average Bonchev–Trinajstić information content (AvgIpc) is 2.61. The number of methoxy groups -OCH3 is 1. The molecule has 0 heterocycles. The summed E-state index contributed by atoms with van der Waals surface area (Å²) in [5.74, 6) is 0.385. The maximum absolute atomic E-state index is 12.2. The minimum absolute atomic E-state index is 0.139. The fraction of sp³-hybridized carbons (Fsp3) is 0.278. The molecule has 0 spiro atoms. The Hall–Kier alpha value is -2.38. The van der Waals surface area contributed by atoms with Gasteiger partial charge >= 0.3 is 0 Å². The van der Waals surface area contributed by atoms with Gasteiger partial charge in [-0.1, -0.05) is 6.92 Å². The van der Waals surface area contributed by atoms with Gasteiger partial charge in [-0.3, -0.25) is 4.79 Å². The number of ether oxygens (including phenoxy) is 1. The maximum atomic E-state index is 12.2. The van der Waals surface area contributed by atoms with E-state index in [0.717, 1.165) is 0 Å². The molecule has 25 heavy (non-hydrogen) atoms. The SMILES string of the molecule is CCC(C)NS(=O)(=O)c1ccc(NC(=O)c2ccc(OC)cc2)cc1. The van der Waals surface area contributed by atoms with Crippen LogP contribution in [0.2, 0.25) is 0 Å². The molecule has 0 aliphatic carbocycles. The van der Waals surface area contributed by atoms with E-state index in [2.05, 4.69) is 10.0 Å². The first-order chi connectivity index (χ1) is 11.9. The Morgan fingerprint density at radius 2 is 1.68 bits per heavy atom. The molecule has 2 rings (SSSR count). The number of amides is 1. The van der Waals surface area contributed by atoms with Crippen molar-refractivity contribution < 1.29 is 17.9 Å². The minimum atomic E-state index is -3.55. The molecule has 6 nitrogen and oxygen atoms in total. The van der Waals surface area contributed by atoms with E-state index in [1.807, 2.05) is 6.92 Å². The maximum Gasteiger partial charge on any atom is 0.255 e. The standard InChI is InChI=1S/C18H22N2O4S/c1-4-13(2)20-25(22,23)17-11-7-15(8-12-17)19-18(21)14-5-9-16(24-3)10-6-14/h5-13,20H,4H2,1-3H3,(H,19,21). The van der Waals surface area contributed by atoms with Crippen LogP contribution in [0.5, 0.6) is 5.75 Å². The second-order valence-electron chi connectivity index (χ2n) is 5.64. The van der Waals surface area contributed by atoms with Crippen LogP contribution in [0, 0.1) is 0 Å². The molecule has 1 atom stereocenters. The third-order valence-electron chi connectivity index (χ3n) is 3.74. The molecular weight excluding hydrogens is 340 g/mol. The molecular formula is C18H22N2O4S. The third kappa shape index (κ3) is 5.04. The highest BCUT2D eigenvalue weighted by Gasteiger charge is 2.16. The van der Waals surface area contributed by atoms with Gasteiger partial charge in [-0.25, -0.2) is 13.1 Å². The van der Waals surface area contributed by atoms with Gasteiger partial charge in [0.2, 0.25) is 10.0 Å². The van der Waals surface area contributed by atoms with Crippen molar-refractivity contribution in [2.75, 3.05) is 12.4 Å². The van der Waals surface area contributed by atoms with Crippen LogP contribution in [-0.4, -0.2) is 27.5 Å². The molecule has 0 aliphatic rings. The molecule has 2 aromatic rings. The lowest BCUT2D eigenvalue weighted by Crippen LogP contribution is -2.31. The van der Waals surface area contributed by atoms with Crippen LogP contribution in [0.1, 0.15) is 30.6 Å². The van der Waals surface area contributed by atoms with Crippen LogP contribution in [-0.2, 0) is 10.0 Å². The number of carbonyl (C=O) groups excluding carboxylic acids is 1. The number of sulfonamides is 1. The number of rotatable bonds is 7. The first-order valence-electron chi connectivity index (χ1n) is 7.93. The molecule has 0 fully saturated rings. The Balaban J connectivity index is 2.08. The molecule has 0 bridgehead atoms. The van der Waals surface area contributed by atoms with Crippen LogP contribution >= 0.6 is 0 Å². The van der Waals surface area contributed by atoms with Gasteiger partial charge < -0.3 is 10.1 Å². The van der Waals surface area contributed by atoms with Crippen LogP contribution < -0.4 is 14.8 Å². The van der Waals surface area contributed by atoms with E-state index in [1.54, 1.807) is 50.4 Å². The van der Waals surface area contributed by atoms with Gasteiger partial charge in [0.05, 0.1) is 12.0 Å². The van der Waals surface area contributed by atoms with Gasteiger partial charge in [-0.2, -0.15) is 0 Å². The Kier molecular flexibility index (Phi) is 6.17. The normalized spacial score (nSPS) is 12.4. The molecule has 134 valence electrons. The quantitative estimate of drug-likeness (QED) is 0.793. The second kappa shape index (κ2) is 8.13. The van der Waals surface area contributed by atoms with Crippen molar-refractivity contribution in [2.45, 2.75) is 31.2 Å². The third-order valence-corrected chi connectivity index (χ3v) is 5.35. The number of benzene rings is 2. The highest BCUT2D eigenvalue weighted by Crippen LogP contribution is 2.17. The first-order valence-corrected chi connectivity index (χ1v) is 9.42. The van der Waals surface area contributed by atoms with Crippen molar-refractivity contribution in [3.05, 3.63) is 54.1 Å². The lowest BCUT2D eigenvalue weighted by atomic mass is 10.2. The van der Waals surface area contributed by atoms with Gasteiger partial charge in [0.25, 0.3) is 5.91 Å². The summed E-state index contributed by atoms with van der Waals surface area (Å²) in [7, 11) is -2.00. The summed E-state index contributed by atoms with van der Waals surface area (Å²) in [6.45, 7) is 3.71. The van der Waals surface area contributed by atoms with Crippen LogP contribution in [0.15, 0.2) is 53.4 Å². The first kappa shape index (κ1) is 19.0. The van der Waals surface area contributed by atoms with Crippen LogP contribution in [0.4, 0.5) is 5.69 Å². The van der Waals surface area contributed by atoms with Crippen LogP contribution in [0.3, 0.4) is 0 Å². The zero-order valence-corrected chi connectivity index (χ0v) is 15.3. The molecule has 2 aromatic carbocycles. The highest BCUT2D eigenvalue weighted by atomic mass is 32.2. The lowest BCUT2D eigenvalue weighted by Gasteiger charge is -2.12. The largest absolute Gasteiger partial charge is 0.497 e. The zero-order valence-electron chi connectivity index (χ0n) is 14.4. The molecule has 0 saturated carbocycles.